The summed E-state index contributed by atoms with van der Waals surface area (Å²) in [5.41, 5.74) is 0. The maximum atomic E-state index is 8.66. The van der Waals surface area contributed by atoms with Gasteiger partial charge in [0.05, 0.1) is 6.61 Å². The third-order valence-corrected chi connectivity index (χ3v) is 2.07. The van der Waals surface area contributed by atoms with Gasteiger partial charge >= 0.3 is 0 Å². The van der Waals surface area contributed by atoms with E-state index in [0.717, 1.165) is 6.42 Å². The molecule has 0 aromatic rings. The average molecular weight is 259 g/mol. The Hall–Kier alpha value is 0.740. The summed E-state index contributed by atoms with van der Waals surface area (Å²) in [4.78, 5) is 0. The normalized spacial score (nSPS) is 13.1. The average Bonchev–Trinajstić information content (AvgIpc) is 1.88. The third kappa shape index (κ3) is 5.20. The van der Waals surface area contributed by atoms with E-state index in [1.165, 1.54) is 9.12 Å². The molecule has 0 aliphatic rings. The third-order valence-electron chi connectivity index (χ3n) is 0.883. The topological polar surface area (TPSA) is 32.3 Å². The Bertz CT molecular complexity index is 81.4. The zero-order chi connectivity index (χ0) is 7.11. The molecule has 0 radical (unpaired) electrons. The van der Waals surface area contributed by atoms with Gasteiger partial charge in [0.25, 0.3) is 0 Å². The van der Waals surface area contributed by atoms with Crippen LogP contribution in [-0.4, -0.2) is 17.8 Å². The van der Waals surface area contributed by atoms with Crippen molar-refractivity contribution in [1.82, 2.24) is 4.72 Å². The van der Waals surface area contributed by atoms with E-state index in [2.05, 4.69) is 32.5 Å². The molecule has 0 rings (SSSR count). The maximum Gasteiger partial charge on any atom is 0.0596 e. The molecule has 9 heavy (non-hydrogen) atoms. The van der Waals surface area contributed by atoms with Gasteiger partial charge in [-0.3, -0.25) is 0 Å². The molecule has 0 saturated heterocycles. The molecular formula is C5H10INOS. The quantitative estimate of drug-likeness (QED) is 0.446. The standard InChI is InChI=1S/C5H10INOS/c1-2-3-5(4-8)7-9-6/h2,5,7-8H,1,3-4H2. The molecule has 2 nitrogen and oxygen atoms in total. The summed E-state index contributed by atoms with van der Waals surface area (Å²) in [6.07, 6.45) is 2.60. The number of halogens is 1. The van der Waals surface area contributed by atoms with Crippen LogP contribution in [0.15, 0.2) is 12.7 Å². The highest BCUT2D eigenvalue weighted by Gasteiger charge is 2.01. The molecule has 0 aliphatic heterocycles. The first-order valence-corrected chi connectivity index (χ1v) is 5.96. The number of nitrogens with one attached hydrogen (secondary N) is 1. The van der Waals surface area contributed by atoms with Crippen LogP contribution in [0.3, 0.4) is 0 Å². The van der Waals surface area contributed by atoms with Crippen LogP contribution in [0, 0.1) is 0 Å². The maximum absolute atomic E-state index is 8.66. The van der Waals surface area contributed by atoms with Crippen LogP contribution in [0.4, 0.5) is 0 Å². The molecular weight excluding hydrogens is 249 g/mol. The first-order chi connectivity index (χ1) is 4.35. The lowest BCUT2D eigenvalue weighted by molar-refractivity contribution is 0.260. The van der Waals surface area contributed by atoms with Crippen molar-refractivity contribution >= 4 is 30.3 Å². The van der Waals surface area contributed by atoms with Crippen LogP contribution in [0.1, 0.15) is 6.42 Å². The smallest absolute Gasteiger partial charge is 0.0596 e. The molecule has 0 heterocycles. The molecule has 0 aliphatic carbocycles. The van der Waals surface area contributed by atoms with E-state index >= 15 is 0 Å². The first-order valence-electron chi connectivity index (χ1n) is 2.60. The Labute approximate surface area is 71.8 Å². The van der Waals surface area contributed by atoms with Crippen molar-refractivity contribution in [3.8, 4) is 0 Å². The lowest BCUT2D eigenvalue weighted by Gasteiger charge is -2.09. The highest BCUT2D eigenvalue weighted by molar-refractivity contribution is 14.2. The van der Waals surface area contributed by atoms with Crippen molar-refractivity contribution in [1.29, 1.82) is 0 Å². The van der Waals surface area contributed by atoms with Gasteiger partial charge in [0.15, 0.2) is 0 Å². The van der Waals surface area contributed by atoms with Crippen LogP contribution in [0.2, 0.25) is 0 Å². The second kappa shape index (κ2) is 6.85. The zero-order valence-electron chi connectivity index (χ0n) is 5.01. The van der Waals surface area contributed by atoms with Crippen LogP contribution < -0.4 is 4.72 Å². The van der Waals surface area contributed by atoms with E-state index in [1.54, 1.807) is 6.08 Å². The van der Waals surface area contributed by atoms with E-state index in [1.807, 2.05) is 0 Å². The van der Waals surface area contributed by atoms with Crippen molar-refractivity contribution in [2.24, 2.45) is 0 Å². The molecule has 0 bridgehead atoms. The highest BCUT2D eigenvalue weighted by atomic mass is 127. The van der Waals surface area contributed by atoms with Gasteiger partial charge < -0.3 is 5.11 Å². The SMILES string of the molecule is C=CCC(CO)NSI. The zero-order valence-corrected chi connectivity index (χ0v) is 7.98. The fourth-order valence-electron chi connectivity index (χ4n) is 0.424. The van der Waals surface area contributed by atoms with Gasteiger partial charge in [-0.15, -0.1) is 6.58 Å². The van der Waals surface area contributed by atoms with Crippen LogP contribution in [0.5, 0.6) is 0 Å². The molecule has 2 N–H and O–H groups in total. The van der Waals surface area contributed by atoms with Gasteiger partial charge in [-0.1, -0.05) is 6.08 Å². The largest absolute Gasteiger partial charge is 0.395 e. The van der Waals surface area contributed by atoms with E-state index in [-0.39, 0.29) is 12.6 Å². The second-order valence-corrected chi connectivity index (χ2v) is 3.31. The molecule has 1 unspecified atom stereocenters. The van der Waals surface area contributed by atoms with E-state index in [9.17, 15) is 0 Å². The number of aliphatic hydroxyl groups is 1. The molecule has 0 fully saturated rings. The monoisotopic (exact) mass is 259 g/mol. The number of hydrogen-bond donors (Lipinski definition) is 2. The minimum atomic E-state index is 0.157. The van der Waals surface area contributed by atoms with Gasteiger partial charge in [-0.05, 0) is 15.5 Å². The molecule has 54 valence electrons. The van der Waals surface area contributed by atoms with Crippen molar-refractivity contribution in [2.45, 2.75) is 12.5 Å². The summed E-state index contributed by atoms with van der Waals surface area (Å²) in [5.74, 6) is 0. The van der Waals surface area contributed by atoms with Crippen molar-refractivity contribution < 1.29 is 5.11 Å². The van der Waals surface area contributed by atoms with Crippen LogP contribution >= 0.6 is 30.3 Å². The fraction of sp³-hybridized carbons (Fsp3) is 0.600. The first kappa shape index (κ1) is 9.74. The second-order valence-electron chi connectivity index (χ2n) is 1.60. The highest BCUT2D eigenvalue weighted by Crippen LogP contribution is 2.07. The summed E-state index contributed by atoms with van der Waals surface area (Å²) in [6, 6.07) is 0.157. The van der Waals surface area contributed by atoms with Gasteiger partial charge in [0, 0.05) is 27.2 Å². The Morgan fingerprint density at radius 1 is 1.89 bits per heavy atom. The Kier molecular flexibility index (Phi) is 7.42. The van der Waals surface area contributed by atoms with Crippen molar-refractivity contribution in [3.63, 3.8) is 0 Å². The van der Waals surface area contributed by atoms with Crippen molar-refractivity contribution in [3.05, 3.63) is 12.7 Å². The summed E-state index contributed by atoms with van der Waals surface area (Å²) in [6.45, 7) is 3.74. The molecule has 0 aromatic carbocycles. The summed E-state index contributed by atoms with van der Waals surface area (Å²) >= 11 is 2.13. The molecule has 4 heteroatoms. The van der Waals surface area contributed by atoms with Crippen LogP contribution in [-0.2, 0) is 0 Å². The lowest BCUT2D eigenvalue weighted by Crippen LogP contribution is -2.25. The molecule has 1 atom stereocenters. The van der Waals surface area contributed by atoms with Gasteiger partial charge in [-0.2, -0.15) is 0 Å². The summed E-state index contributed by atoms with van der Waals surface area (Å²) in [7, 11) is 1.49. The minimum absolute atomic E-state index is 0.157. The summed E-state index contributed by atoms with van der Waals surface area (Å²) < 4.78 is 3.02. The lowest BCUT2D eigenvalue weighted by atomic mass is 10.2. The number of rotatable bonds is 5. The molecule has 0 spiro atoms. The van der Waals surface area contributed by atoms with Crippen molar-refractivity contribution in [2.75, 3.05) is 6.61 Å². The fourth-order valence-corrected chi connectivity index (χ4v) is 1.80. The van der Waals surface area contributed by atoms with Gasteiger partial charge in [0.2, 0.25) is 0 Å². The number of hydrogen-bond acceptors (Lipinski definition) is 3. The Morgan fingerprint density at radius 3 is 2.89 bits per heavy atom. The minimum Gasteiger partial charge on any atom is -0.395 e. The predicted molar refractivity (Wildman–Crippen MR) is 50.4 cm³/mol. The summed E-state index contributed by atoms with van der Waals surface area (Å²) in [5, 5.41) is 8.66. The molecule has 0 amide bonds. The predicted octanol–water partition coefficient (Wildman–Crippen LogP) is 1.51. The molecule has 0 saturated carbocycles. The van der Waals surface area contributed by atoms with Crippen LogP contribution in [0.25, 0.3) is 0 Å². The van der Waals surface area contributed by atoms with E-state index < -0.39 is 0 Å². The Morgan fingerprint density at radius 2 is 2.56 bits per heavy atom. The number of aliphatic hydroxyl groups excluding tert-OH is 1. The van der Waals surface area contributed by atoms with E-state index in [4.69, 9.17) is 5.11 Å². The van der Waals surface area contributed by atoms with E-state index in [0.29, 0.717) is 0 Å². The van der Waals surface area contributed by atoms with Gasteiger partial charge in [0.1, 0.15) is 0 Å². The van der Waals surface area contributed by atoms with Gasteiger partial charge in [-0.25, -0.2) is 4.72 Å². The Balaban J connectivity index is 3.28. The molecule has 0 aromatic heterocycles.